The lowest BCUT2D eigenvalue weighted by Crippen LogP contribution is -2.47. The summed E-state index contributed by atoms with van der Waals surface area (Å²) in [5.41, 5.74) is 0. The molecule has 0 aromatic heterocycles. The van der Waals surface area contributed by atoms with Gasteiger partial charge < -0.3 is 28.5 Å². The van der Waals surface area contributed by atoms with E-state index in [1.807, 2.05) is 45.4 Å². The van der Waals surface area contributed by atoms with Crippen molar-refractivity contribution in [3.8, 4) is 0 Å². The molecule has 3 unspecified atom stereocenters. The third kappa shape index (κ3) is 52.1. The molecule has 412 valence electrons. The van der Waals surface area contributed by atoms with E-state index in [1.54, 1.807) is 0 Å². The lowest BCUT2D eigenvalue weighted by Gasteiger charge is -2.30. The van der Waals surface area contributed by atoms with Crippen molar-refractivity contribution in [3.05, 3.63) is 72.9 Å². The van der Waals surface area contributed by atoms with Gasteiger partial charge in [0.25, 0.3) is 7.82 Å². The number of esters is 1. The Labute approximate surface area is 438 Å². The topological polar surface area (TPSA) is 114 Å². The first-order valence-electron chi connectivity index (χ1n) is 29.2. The molecule has 0 aliphatic rings. The second-order valence-electron chi connectivity index (χ2n) is 20.8. The monoisotopic (exact) mass is 1010 g/mol. The second-order valence-corrected chi connectivity index (χ2v) is 22.2. The summed E-state index contributed by atoms with van der Waals surface area (Å²) in [5, 5.41) is 2.97. The fraction of sp³-hybridized carbons (Fsp3) is 0.770. The van der Waals surface area contributed by atoms with E-state index < -0.39 is 26.6 Å². The van der Waals surface area contributed by atoms with Gasteiger partial charge in [0.2, 0.25) is 5.91 Å². The summed E-state index contributed by atoms with van der Waals surface area (Å²) in [4.78, 5) is 39.8. The summed E-state index contributed by atoms with van der Waals surface area (Å²) in [5.74, 6) is -0.634. The maximum Gasteiger partial charge on any atom is 0.306 e. The third-order valence-corrected chi connectivity index (χ3v) is 13.6. The zero-order valence-electron chi connectivity index (χ0n) is 46.9. The predicted molar refractivity (Wildman–Crippen MR) is 302 cm³/mol. The molecule has 0 aromatic carbocycles. The van der Waals surface area contributed by atoms with Crippen LogP contribution in [-0.4, -0.2) is 69.4 Å². The molecule has 71 heavy (non-hydrogen) atoms. The summed E-state index contributed by atoms with van der Waals surface area (Å²) in [6.45, 7) is 6.67. The fourth-order valence-corrected chi connectivity index (χ4v) is 8.88. The van der Waals surface area contributed by atoms with Crippen LogP contribution in [0.2, 0.25) is 0 Å². The molecule has 0 saturated heterocycles. The minimum atomic E-state index is -4.71. The molecule has 1 amide bonds. The van der Waals surface area contributed by atoms with Crippen molar-refractivity contribution in [1.82, 2.24) is 5.32 Å². The van der Waals surface area contributed by atoms with Crippen molar-refractivity contribution in [2.75, 3.05) is 40.9 Å². The maximum absolute atomic E-state index is 13.4. The highest BCUT2D eigenvalue weighted by Gasteiger charge is 2.27. The molecule has 0 heterocycles. The van der Waals surface area contributed by atoms with E-state index in [4.69, 9.17) is 13.8 Å². The standard InChI is InChI=1S/C61H111N2O7P/c1-7-10-13-16-19-22-25-28-30-32-34-36-39-42-45-48-51-54-61(65)70-59(52-49-46-43-40-37-27-24-21-18-15-12-9-3)58(57-69-71(66,67)68-56-55-63(4,5)6)62-60(64)53-50-47-44-41-38-35-33-31-29-26-23-20-17-14-11-8-2/h11,14,20,23,29,31,35,38,44,47,49,52,58-59H,7-10,12-13,15-19,21-22,24-28,30,32-34,36-37,39-43,45-46,48,50-51,53-57H2,1-6H3,(H-,62,64,66,67)/b14-11+,23-20+,31-29+,38-35+,47-44+,52-49+. The van der Waals surface area contributed by atoms with E-state index in [9.17, 15) is 19.0 Å². The highest BCUT2D eigenvalue weighted by Crippen LogP contribution is 2.38. The Kier molecular flexibility index (Phi) is 49.1. The number of carbonyl (C=O) groups excluding carboxylic acids is 2. The number of hydrogen-bond donors (Lipinski definition) is 1. The van der Waals surface area contributed by atoms with E-state index in [-0.39, 0.29) is 31.3 Å². The molecular formula is C61H111N2O7P. The van der Waals surface area contributed by atoms with Crippen LogP contribution in [0.15, 0.2) is 72.9 Å². The Morgan fingerprint density at radius 1 is 0.507 bits per heavy atom. The molecular weight excluding hydrogens is 904 g/mol. The predicted octanol–water partition coefficient (Wildman–Crippen LogP) is 17.0. The minimum absolute atomic E-state index is 0.0366. The molecule has 0 rings (SSSR count). The molecule has 0 aliphatic carbocycles. The zero-order valence-corrected chi connectivity index (χ0v) is 47.8. The maximum atomic E-state index is 13.4. The Hall–Kier alpha value is -2.55. The van der Waals surface area contributed by atoms with Crippen LogP contribution in [-0.2, 0) is 27.9 Å². The van der Waals surface area contributed by atoms with Crippen LogP contribution < -0.4 is 10.2 Å². The van der Waals surface area contributed by atoms with Crippen molar-refractivity contribution < 1.29 is 37.3 Å². The number of carbonyl (C=O) groups is 2. The molecule has 0 spiro atoms. The SMILES string of the molecule is CC/C=C/C/C=C/C/C=C/C/C=C/C/C=C/CCC(=O)NC(COP(=O)([O-])OCC[N+](C)(C)C)C(/C=C/CCCCCCCCCCCC)OC(=O)CCCCCCCCCCCCCCCCCCC. The Morgan fingerprint density at radius 2 is 0.915 bits per heavy atom. The van der Waals surface area contributed by atoms with Gasteiger partial charge in [0.1, 0.15) is 19.3 Å². The normalized spacial score (nSPS) is 14.3. The van der Waals surface area contributed by atoms with Crippen LogP contribution >= 0.6 is 7.82 Å². The number of amides is 1. The molecule has 0 radical (unpaired) electrons. The summed E-state index contributed by atoms with van der Waals surface area (Å²) < 4.78 is 30.2. The summed E-state index contributed by atoms with van der Waals surface area (Å²) in [6, 6.07) is -0.927. The van der Waals surface area contributed by atoms with Crippen LogP contribution in [0, 0.1) is 0 Å². The number of rotatable bonds is 52. The number of hydrogen-bond acceptors (Lipinski definition) is 7. The van der Waals surface area contributed by atoms with E-state index >= 15 is 0 Å². The number of quaternary nitrogens is 1. The third-order valence-electron chi connectivity index (χ3n) is 12.7. The zero-order chi connectivity index (χ0) is 52.2. The molecule has 0 aliphatic heterocycles. The van der Waals surface area contributed by atoms with Crippen molar-refractivity contribution >= 4 is 19.7 Å². The van der Waals surface area contributed by atoms with Crippen LogP contribution in [0.4, 0.5) is 0 Å². The molecule has 0 aromatic rings. The number of nitrogens with zero attached hydrogens (tertiary/aromatic N) is 1. The van der Waals surface area contributed by atoms with Crippen molar-refractivity contribution in [2.24, 2.45) is 0 Å². The van der Waals surface area contributed by atoms with Gasteiger partial charge in [-0.1, -0.05) is 248 Å². The van der Waals surface area contributed by atoms with Crippen LogP contribution in [0.5, 0.6) is 0 Å². The van der Waals surface area contributed by atoms with E-state index in [0.717, 1.165) is 70.6 Å². The summed E-state index contributed by atoms with van der Waals surface area (Å²) in [7, 11) is 1.14. The van der Waals surface area contributed by atoms with Crippen LogP contribution in [0.25, 0.3) is 0 Å². The number of nitrogens with one attached hydrogen (secondary N) is 1. The number of unbranched alkanes of at least 4 members (excludes halogenated alkanes) is 26. The first-order chi connectivity index (χ1) is 34.4. The number of phosphoric acid groups is 1. The van der Waals surface area contributed by atoms with Gasteiger partial charge in [0.05, 0.1) is 33.8 Å². The van der Waals surface area contributed by atoms with Crippen molar-refractivity contribution in [2.45, 2.75) is 264 Å². The lowest BCUT2D eigenvalue weighted by atomic mass is 10.0. The van der Waals surface area contributed by atoms with Crippen LogP contribution in [0.3, 0.4) is 0 Å². The quantitative estimate of drug-likeness (QED) is 0.0212. The first-order valence-corrected chi connectivity index (χ1v) is 30.7. The second kappa shape index (κ2) is 51.0. The molecule has 9 nitrogen and oxygen atoms in total. The number of likely N-dealkylation sites (N-methyl/N-ethyl adjacent to an activating group) is 1. The van der Waals surface area contributed by atoms with Gasteiger partial charge in [-0.15, -0.1) is 0 Å². The molecule has 0 saturated carbocycles. The average molecular weight is 1020 g/mol. The number of allylic oxidation sites excluding steroid dienone is 11. The van der Waals surface area contributed by atoms with Gasteiger partial charge in [-0.3, -0.25) is 14.2 Å². The van der Waals surface area contributed by atoms with Gasteiger partial charge >= 0.3 is 5.97 Å². The molecule has 0 fully saturated rings. The first kappa shape index (κ1) is 68.5. The fourth-order valence-electron chi connectivity index (χ4n) is 8.16. The van der Waals surface area contributed by atoms with E-state index in [0.29, 0.717) is 17.4 Å². The minimum Gasteiger partial charge on any atom is -0.756 e. The highest BCUT2D eigenvalue weighted by atomic mass is 31.2. The summed E-state index contributed by atoms with van der Waals surface area (Å²) >= 11 is 0. The Morgan fingerprint density at radius 3 is 1.35 bits per heavy atom. The van der Waals surface area contributed by atoms with Crippen molar-refractivity contribution in [3.63, 3.8) is 0 Å². The van der Waals surface area contributed by atoms with Crippen molar-refractivity contribution in [1.29, 1.82) is 0 Å². The van der Waals surface area contributed by atoms with Crippen LogP contribution in [0.1, 0.15) is 252 Å². The van der Waals surface area contributed by atoms with Gasteiger partial charge in [-0.2, -0.15) is 0 Å². The number of ether oxygens (including phenoxy) is 1. The van der Waals surface area contributed by atoms with E-state index in [1.165, 1.54) is 141 Å². The highest BCUT2D eigenvalue weighted by molar-refractivity contribution is 7.45. The number of phosphoric ester groups is 1. The molecule has 10 heteroatoms. The molecule has 1 N–H and O–H groups in total. The largest absolute Gasteiger partial charge is 0.756 e. The van der Waals surface area contributed by atoms with Gasteiger partial charge in [-0.25, -0.2) is 0 Å². The average Bonchev–Trinajstić information content (AvgIpc) is 3.33. The smallest absolute Gasteiger partial charge is 0.306 e. The van der Waals surface area contributed by atoms with Gasteiger partial charge in [0.15, 0.2) is 0 Å². The van der Waals surface area contributed by atoms with Gasteiger partial charge in [0, 0.05) is 12.8 Å². The Balaban J connectivity index is 5.41. The molecule has 3 atom stereocenters. The lowest BCUT2D eigenvalue weighted by molar-refractivity contribution is -0.870. The van der Waals surface area contributed by atoms with Gasteiger partial charge in [-0.05, 0) is 63.9 Å². The molecule has 0 bridgehead atoms. The Bertz CT molecular complexity index is 1450. The summed E-state index contributed by atoms with van der Waals surface area (Å²) in [6.07, 6.45) is 64.6. The van der Waals surface area contributed by atoms with E-state index in [2.05, 4.69) is 74.7 Å².